The average molecular weight is 269 g/mol. The van der Waals surface area contributed by atoms with Crippen LogP contribution < -0.4 is 5.32 Å². The van der Waals surface area contributed by atoms with Gasteiger partial charge in [-0.3, -0.25) is 0 Å². The van der Waals surface area contributed by atoms with Crippen LogP contribution in [0.4, 0.5) is 13.2 Å². The van der Waals surface area contributed by atoms with E-state index in [9.17, 15) is 13.2 Å². The molecule has 1 aliphatic heterocycles. The summed E-state index contributed by atoms with van der Waals surface area (Å²) in [5.74, 6) is 0.673. The van der Waals surface area contributed by atoms with E-state index in [1.165, 1.54) is 25.0 Å². The molecule has 1 saturated carbocycles. The van der Waals surface area contributed by atoms with Gasteiger partial charge in [0, 0.05) is 0 Å². The van der Waals surface area contributed by atoms with Gasteiger partial charge in [-0.05, 0) is 67.8 Å². The van der Waals surface area contributed by atoms with Crippen LogP contribution >= 0.6 is 0 Å². The molecule has 1 aromatic rings. The van der Waals surface area contributed by atoms with Gasteiger partial charge in [0.25, 0.3) is 0 Å². The van der Waals surface area contributed by atoms with Gasteiger partial charge in [0.1, 0.15) is 0 Å². The van der Waals surface area contributed by atoms with Crippen LogP contribution in [0.3, 0.4) is 0 Å². The Morgan fingerprint density at radius 2 is 1.84 bits per heavy atom. The lowest BCUT2D eigenvalue weighted by atomic mass is 9.87. The second-order valence-corrected chi connectivity index (χ2v) is 5.77. The summed E-state index contributed by atoms with van der Waals surface area (Å²) >= 11 is 0. The van der Waals surface area contributed by atoms with Gasteiger partial charge in [-0.1, -0.05) is 12.1 Å². The molecule has 0 spiro atoms. The Hall–Kier alpha value is -1.03. The summed E-state index contributed by atoms with van der Waals surface area (Å²) in [6, 6.07) is 5.83. The molecule has 1 nitrogen and oxygen atoms in total. The predicted octanol–water partition coefficient (Wildman–Crippen LogP) is 3.74. The molecule has 1 aliphatic carbocycles. The summed E-state index contributed by atoms with van der Waals surface area (Å²) < 4.78 is 37.7. The lowest BCUT2D eigenvalue weighted by Crippen LogP contribution is -2.25. The number of hydrogen-bond donors (Lipinski definition) is 1. The van der Waals surface area contributed by atoms with Crippen LogP contribution in [0.5, 0.6) is 0 Å². The number of hydrogen-bond acceptors (Lipinski definition) is 1. The van der Waals surface area contributed by atoms with Crippen molar-refractivity contribution in [3.8, 4) is 0 Å². The summed E-state index contributed by atoms with van der Waals surface area (Å²) in [5, 5.41) is 3.39. The van der Waals surface area contributed by atoms with Crippen LogP contribution in [-0.2, 0) is 11.6 Å². The molecule has 0 unspecified atom stereocenters. The van der Waals surface area contributed by atoms with E-state index in [1.54, 1.807) is 12.1 Å². The second-order valence-electron chi connectivity index (χ2n) is 5.77. The van der Waals surface area contributed by atoms with Crippen molar-refractivity contribution < 1.29 is 13.2 Å². The summed E-state index contributed by atoms with van der Waals surface area (Å²) in [6.07, 6.45) is 0.311. The molecule has 4 heteroatoms. The van der Waals surface area contributed by atoms with Crippen molar-refractivity contribution in [2.75, 3.05) is 13.1 Å². The maximum atomic E-state index is 12.6. The number of alkyl halides is 3. The largest absolute Gasteiger partial charge is 0.416 e. The van der Waals surface area contributed by atoms with E-state index in [-0.39, 0.29) is 5.41 Å². The zero-order valence-electron chi connectivity index (χ0n) is 10.8. The predicted molar refractivity (Wildman–Crippen MR) is 67.9 cm³/mol. The lowest BCUT2D eigenvalue weighted by molar-refractivity contribution is -0.137. The Kier molecular flexibility index (Phi) is 3.08. The van der Waals surface area contributed by atoms with Crippen LogP contribution in [0.1, 0.15) is 36.8 Å². The van der Waals surface area contributed by atoms with Gasteiger partial charge in [-0.25, -0.2) is 0 Å². The number of nitrogens with one attached hydrogen (secondary N) is 1. The van der Waals surface area contributed by atoms with Crippen LogP contribution in [-0.4, -0.2) is 13.1 Å². The molecule has 1 N–H and O–H groups in total. The van der Waals surface area contributed by atoms with E-state index < -0.39 is 11.7 Å². The fourth-order valence-electron chi connectivity index (χ4n) is 3.46. The van der Waals surface area contributed by atoms with Crippen molar-refractivity contribution in [2.24, 2.45) is 5.92 Å². The van der Waals surface area contributed by atoms with Crippen molar-refractivity contribution in [1.29, 1.82) is 0 Å². The van der Waals surface area contributed by atoms with Gasteiger partial charge in [-0.15, -0.1) is 0 Å². The van der Waals surface area contributed by atoms with Gasteiger partial charge in [0.15, 0.2) is 0 Å². The number of halogens is 3. The first-order valence-electron chi connectivity index (χ1n) is 6.91. The minimum atomic E-state index is -4.23. The quantitative estimate of drug-likeness (QED) is 0.819. The Balaban J connectivity index is 1.82. The molecule has 1 saturated heterocycles. The third-order valence-electron chi connectivity index (χ3n) is 4.67. The summed E-state index contributed by atoms with van der Waals surface area (Å²) in [4.78, 5) is 0. The van der Waals surface area contributed by atoms with E-state index >= 15 is 0 Å². The molecule has 1 aromatic carbocycles. The smallest absolute Gasteiger partial charge is 0.317 e. The first-order chi connectivity index (χ1) is 9.02. The highest BCUT2D eigenvalue weighted by atomic mass is 19.4. The highest BCUT2D eigenvalue weighted by Crippen LogP contribution is 2.59. The second kappa shape index (κ2) is 4.51. The van der Waals surface area contributed by atoms with Crippen molar-refractivity contribution in [2.45, 2.75) is 37.3 Å². The maximum absolute atomic E-state index is 12.6. The number of rotatable bonds is 1. The SMILES string of the molecule is FC(F)(F)c1ccc([C@@]23CCNCCC[C@H]2C3)cc1. The zero-order valence-corrected chi connectivity index (χ0v) is 10.8. The van der Waals surface area contributed by atoms with Crippen LogP contribution in [0, 0.1) is 5.92 Å². The first-order valence-corrected chi connectivity index (χ1v) is 6.91. The minimum absolute atomic E-state index is 0.150. The summed E-state index contributed by atoms with van der Waals surface area (Å²) in [5.41, 5.74) is 0.695. The molecule has 104 valence electrons. The van der Waals surface area contributed by atoms with Crippen molar-refractivity contribution in [1.82, 2.24) is 5.32 Å². The first kappa shape index (κ1) is 13.0. The van der Waals surface area contributed by atoms with Gasteiger partial charge in [-0.2, -0.15) is 13.2 Å². The number of benzene rings is 1. The van der Waals surface area contributed by atoms with E-state index in [0.29, 0.717) is 5.92 Å². The molecule has 19 heavy (non-hydrogen) atoms. The van der Waals surface area contributed by atoms with E-state index in [4.69, 9.17) is 0 Å². The Bertz CT molecular complexity index is 451. The fraction of sp³-hybridized carbons (Fsp3) is 0.600. The van der Waals surface area contributed by atoms with Crippen LogP contribution in [0.15, 0.2) is 24.3 Å². The standard InChI is InChI=1S/C15H18F3N/c16-15(17,18)12-5-3-11(4-6-12)14-7-9-19-8-1-2-13(14)10-14/h3-6,13,19H,1-2,7-10H2/t13-,14-/m0/s1. The molecular weight excluding hydrogens is 251 g/mol. The molecular formula is C15H18F3N. The lowest BCUT2D eigenvalue weighted by Gasteiger charge is -2.21. The molecule has 2 atom stereocenters. The molecule has 2 aliphatic rings. The minimum Gasteiger partial charge on any atom is -0.317 e. The third-order valence-corrected chi connectivity index (χ3v) is 4.67. The van der Waals surface area contributed by atoms with Gasteiger partial charge >= 0.3 is 6.18 Å². The van der Waals surface area contributed by atoms with Crippen molar-refractivity contribution in [3.05, 3.63) is 35.4 Å². The Labute approximate surface area is 111 Å². The van der Waals surface area contributed by atoms with Gasteiger partial charge < -0.3 is 5.32 Å². The molecule has 0 aromatic heterocycles. The number of fused-ring (bicyclic) bond motifs is 1. The van der Waals surface area contributed by atoms with E-state index in [0.717, 1.165) is 31.5 Å². The fourth-order valence-corrected chi connectivity index (χ4v) is 3.46. The molecule has 0 bridgehead atoms. The zero-order chi connectivity index (χ0) is 13.5. The monoisotopic (exact) mass is 269 g/mol. The van der Waals surface area contributed by atoms with E-state index in [2.05, 4.69) is 5.32 Å². The van der Waals surface area contributed by atoms with Crippen molar-refractivity contribution in [3.63, 3.8) is 0 Å². The van der Waals surface area contributed by atoms with Gasteiger partial charge in [0.2, 0.25) is 0 Å². The molecule has 0 radical (unpaired) electrons. The molecule has 0 amide bonds. The molecule has 2 fully saturated rings. The normalized spacial score (nSPS) is 31.2. The summed E-state index contributed by atoms with van der Waals surface area (Å²) in [7, 11) is 0. The topological polar surface area (TPSA) is 12.0 Å². The summed E-state index contributed by atoms with van der Waals surface area (Å²) in [6.45, 7) is 2.04. The molecule has 1 heterocycles. The average Bonchev–Trinajstić information content (AvgIpc) is 3.02. The van der Waals surface area contributed by atoms with Crippen molar-refractivity contribution >= 4 is 0 Å². The Morgan fingerprint density at radius 1 is 1.11 bits per heavy atom. The van der Waals surface area contributed by atoms with Crippen LogP contribution in [0.25, 0.3) is 0 Å². The van der Waals surface area contributed by atoms with Gasteiger partial charge in [0.05, 0.1) is 5.56 Å². The highest BCUT2D eigenvalue weighted by Gasteiger charge is 2.54. The van der Waals surface area contributed by atoms with Crippen LogP contribution in [0.2, 0.25) is 0 Å². The maximum Gasteiger partial charge on any atom is 0.416 e. The van der Waals surface area contributed by atoms with E-state index in [1.807, 2.05) is 0 Å². The highest BCUT2D eigenvalue weighted by molar-refractivity contribution is 5.36. The third kappa shape index (κ3) is 2.38. The Morgan fingerprint density at radius 3 is 2.53 bits per heavy atom. The molecule has 3 rings (SSSR count).